The first kappa shape index (κ1) is 12.8. The fourth-order valence-electron chi connectivity index (χ4n) is 2.24. The molecule has 0 fully saturated rings. The molecule has 104 valence electrons. The van der Waals surface area contributed by atoms with Crippen LogP contribution in [0.15, 0.2) is 37.2 Å². The van der Waals surface area contributed by atoms with Gasteiger partial charge in [0.2, 0.25) is 0 Å². The van der Waals surface area contributed by atoms with Crippen LogP contribution < -0.4 is 0 Å². The summed E-state index contributed by atoms with van der Waals surface area (Å²) in [7, 11) is 0. The topological polar surface area (TPSA) is 89.0 Å². The number of rotatable bonds is 5. The molecule has 3 aromatic heterocycles. The molecule has 3 aromatic rings. The summed E-state index contributed by atoms with van der Waals surface area (Å²) in [4.78, 5) is 12.9. The molecule has 7 nitrogen and oxygen atoms in total. The lowest BCUT2D eigenvalue weighted by Gasteiger charge is -2.14. The van der Waals surface area contributed by atoms with Crippen molar-refractivity contribution in [2.45, 2.75) is 12.5 Å². The maximum absolute atomic E-state index is 9.43. The van der Waals surface area contributed by atoms with E-state index in [-0.39, 0.29) is 19.3 Å². The van der Waals surface area contributed by atoms with Crippen molar-refractivity contribution < 1.29 is 10.2 Å². The van der Waals surface area contributed by atoms with Gasteiger partial charge in [0.25, 0.3) is 0 Å². The van der Waals surface area contributed by atoms with Gasteiger partial charge in [-0.1, -0.05) is 0 Å². The highest BCUT2D eigenvalue weighted by Crippen LogP contribution is 2.21. The second-order valence-electron chi connectivity index (χ2n) is 4.46. The van der Waals surface area contributed by atoms with E-state index in [1.807, 2.05) is 29.1 Å². The number of hydrogen-bond donors (Lipinski definition) is 2. The zero-order valence-electron chi connectivity index (χ0n) is 10.8. The van der Waals surface area contributed by atoms with Crippen LogP contribution in [0.3, 0.4) is 0 Å². The van der Waals surface area contributed by atoms with Crippen LogP contribution in [0.5, 0.6) is 0 Å². The third-order valence-electron chi connectivity index (χ3n) is 3.25. The molecule has 0 saturated carbocycles. The molecule has 3 heterocycles. The fourth-order valence-corrected chi connectivity index (χ4v) is 2.24. The van der Waals surface area contributed by atoms with Crippen molar-refractivity contribution in [2.75, 3.05) is 13.2 Å². The van der Waals surface area contributed by atoms with E-state index in [1.54, 1.807) is 10.9 Å². The summed E-state index contributed by atoms with van der Waals surface area (Å²) < 4.78 is 3.64. The van der Waals surface area contributed by atoms with E-state index in [0.29, 0.717) is 23.4 Å². The molecule has 7 heteroatoms. The normalized spacial score (nSPS) is 12.9. The molecular formula is C13H15N5O2. The van der Waals surface area contributed by atoms with Gasteiger partial charge in [-0.2, -0.15) is 0 Å². The summed E-state index contributed by atoms with van der Waals surface area (Å²) in [5.74, 6) is 0.694. The van der Waals surface area contributed by atoms with Crippen molar-refractivity contribution in [3.05, 3.63) is 37.2 Å². The molecule has 0 radical (unpaired) electrons. The van der Waals surface area contributed by atoms with Gasteiger partial charge < -0.3 is 19.3 Å². The first-order valence-corrected chi connectivity index (χ1v) is 6.37. The van der Waals surface area contributed by atoms with Crippen LogP contribution >= 0.6 is 0 Å². The molecule has 0 bridgehead atoms. The van der Waals surface area contributed by atoms with Crippen molar-refractivity contribution in [2.24, 2.45) is 0 Å². The van der Waals surface area contributed by atoms with Crippen LogP contribution in [0.4, 0.5) is 0 Å². The lowest BCUT2D eigenvalue weighted by molar-refractivity contribution is 0.188. The smallest absolute Gasteiger partial charge is 0.168 e. The maximum atomic E-state index is 9.43. The summed E-state index contributed by atoms with van der Waals surface area (Å²) in [6.07, 6.45) is 7.33. The first-order chi connectivity index (χ1) is 9.85. The zero-order valence-corrected chi connectivity index (χ0v) is 10.8. The maximum Gasteiger partial charge on any atom is 0.168 e. The summed E-state index contributed by atoms with van der Waals surface area (Å²) in [6, 6.07) is 3.58. The Morgan fingerprint density at radius 1 is 1.10 bits per heavy atom. The third kappa shape index (κ3) is 2.06. The van der Waals surface area contributed by atoms with E-state index in [9.17, 15) is 5.11 Å². The van der Waals surface area contributed by atoms with Crippen LogP contribution in [0.25, 0.3) is 17.0 Å². The van der Waals surface area contributed by atoms with Gasteiger partial charge in [0.15, 0.2) is 17.0 Å². The Morgan fingerprint density at radius 3 is 2.60 bits per heavy atom. The van der Waals surface area contributed by atoms with Gasteiger partial charge in [0.1, 0.15) is 6.33 Å². The van der Waals surface area contributed by atoms with E-state index in [0.717, 1.165) is 0 Å². The van der Waals surface area contributed by atoms with Crippen LogP contribution in [0, 0.1) is 0 Å². The Bertz CT molecular complexity index is 692. The van der Waals surface area contributed by atoms with Crippen LogP contribution in [0.2, 0.25) is 0 Å². The van der Waals surface area contributed by atoms with Crippen LogP contribution in [0.1, 0.15) is 12.5 Å². The summed E-state index contributed by atoms with van der Waals surface area (Å²) in [5, 5.41) is 18.5. The predicted molar refractivity (Wildman–Crippen MR) is 72.5 cm³/mol. The van der Waals surface area contributed by atoms with Gasteiger partial charge in [-0.05, 0) is 18.6 Å². The van der Waals surface area contributed by atoms with Gasteiger partial charge >= 0.3 is 0 Å². The van der Waals surface area contributed by atoms with E-state index >= 15 is 0 Å². The minimum Gasteiger partial charge on any atom is -0.396 e. The molecular weight excluding hydrogens is 258 g/mol. The number of aliphatic hydroxyl groups is 2. The lowest BCUT2D eigenvalue weighted by atomic mass is 10.2. The third-order valence-corrected chi connectivity index (χ3v) is 3.25. The lowest BCUT2D eigenvalue weighted by Crippen LogP contribution is -2.14. The highest BCUT2D eigenvalue weighted by molar-refractivity contribution is 5.78. The molecule has 1 unspecified atom stereocenters. The predicted octanol–water partition coefficient (Wildman–Crippen LogP) is 0.533. The number of aromatic nitrogens is 5. The van der Waals surface area contributed by atoms with Gasteiger partial charge in [-0.25, -0.2) is 15.0 Å². The molecule has 0 aromatic carbocycles. The van der Waals surface area contributed by atoms with E-state index < -0.39 is 0 Å². The second kappa shape index (κ2) is 5.40. The van der Waals surface area contributed by atoms with Crippen molar-refractivity contribution in [3.63, 3.8) is 0 Å². The highest BCUT2D eigenvalue weighted by Gasteiger charge is 2.16. The Labute approximate surface area is 115 Å². The average Bonchev–Trinajstić information content (AvgIpc) is 3.13. The summed E-state index contributed by atoms with van der Waals surface area (Å²) in [5.41, 5.74) is 1.32. The van der Waals surface area contributed by atoms with Gasteiger partial charge in [-0.15, -0.1) is 0 Å². The number of hydrogen-bond acceptors (Lipinski definition) is 5. The van der Waals surface area contributed by atoms with Crippen molar-refractivity contribution in [3.8, 4) is 5.82 Å². The van der Waals surface area contributed by atoms with Crippen molar-refractivity contribution >= 4 is 11.2 Å². The molecule has 0 saturated heterocycles. The van der Waals surface area contributed by atoms with E-state index in [2.05, 4.69) is 15.0 Å². The number of nitrogens with zero attached hydrogens (tertiary/aromatic N) is 5. The highest BCUT2D eigenvalue weighted by atomic mass is 16.3. The van der Waals surface area contributed by atoms with Gasteiger partial charge in [-0.3, -0.25) is 0 Å². The SMILES string of the molecule is OCCC(CO)n1cnc2c(-n3cccc3)ncnc21. The Balaban J connectivity index is 2.12. The Hall–Kier alpha value is -2.25. The quantitative estimate of drug-likeness (QED) is 0.708. The molecule has 0 amide bonds. The van der Waals surface area contributed by atoms with Crippen LogP contribution in [-0.2, 0) is 0 Å². The Morgan fingerprint density at radius 2 is 1.90 bits per heavy atom. The summed E-state index contributed by atoms with van der Waals surface area (Å²) in [6.45, 7) is -0.0741. The second-order valence-corrected chi connectivity index (χ2v) is 4.46. The molecule has 20 heavy (non-hydrogen) atoms. The van der Waals surface area contributed by atoms with Crippen molar-refractivity contribution in [1.82, 2.24) is 24.1 Å². The molecule has 1 atom stereocenters. The standard InChI is InChI=1S/C13H15N5O2/c19-6-3-10(7-20)18-9-16-11-12(14-8-15-13(11)18)17-4-1-2-5-17/h1-2,4-5,8-10,19-20H,3,6-7H2. The first-order valence-electron chi connectivity index (χ1n) is 6.37. The number of fused-ring (bicyclic) bond motifs is 1. The van der Waals surface area contributed by atoms with Crippen LogP contribution in [-0.4, -0.2) is 47.5 Å². The van der Waals surface area contributed by atoms with Gasteiger partial charge in [0, 0.05) is 19.0 Å². The minimum atomic E-state index is -0.239. The largest absolute Gasteiger partial charge is 0.396 e. The molecule has 0 aliphatic heterocycles. The molecule has 0 aliphatic rings. The van der Waals surface area contributed by atoms with E-state index in [1.165, 1.54) is 6.33 Å². The summed E-state index contributed by atoms with van der Waals surface area (Å²) >= 11 is 0. The number of imidazole rings is 1. The molecule has 3 rings (SSSR count). The van der Waals surface area contributed by atoms with E-state index in [4.69, 9.17) is 5.11 Å². The fraction of sp³-hybridized carbons (Fsp3) is 0.308. The van der Waals surface area contributed by atoms with Crippen molar-refractivity contribution in [1.29, 1.82) is 0 Å². The number of aliphatic hydroxyl groups excluding tert-OH is 2. The molecule has 0 spiro atoms. The van der Waals surface area contributed by atoms with Gasteiger partial charge in [0.05, 0.1) is 19.0 Å². The zero-order chi connectivity index (χ0) is 13.9. The minimum absolute atomic E-state index is 0.000438. The molecule has 2 N–H and O–H groups in total. The monoisotopic (exact) mass is 273 g/mol. The Kier molecular flexibility index (Phi) is 3.44. The average molecular weight is 273 g/mol. The molecule has 0 aliphatic carbocycles.